The molecule has 14 heteroatoms. The third-order valence-electron chi connectivity index (χ3n) is 6.36. The molecule has 3 aliphatic rings. The molecule has 2 saturated heterocycles. The molecule has 0 aromatic rings. The van der Waals surface area contributed by atoms with Crippen molar-refractivity contribution in [3.8, 4) is 0 Å². The van der Waals surface area contributed by atoms with Gasteiger partial charge in [-0.25, -0.2) is 0 Å². The Bertz CT molecular complexity index is 680. The Kier molecular flexibility index (Phi) is 8.80. The quantitative estimate of drug-likeness (QED) is 0.157. The third-order valence-corrected chi connectivity index (χ3v) is 6.36. The second-order valence-corrected chi connectivity index (χ2v) is 8.56. The highest BCUT2D eigenvalue weighted by Crippen LogP contribution is 2.29. The summed E-state index contributed by atoms with van der Waals surface area (Å²) in [6.45, 7) is 0.249. The molecule has 2 aliphatic heterocycles. The Hall–Kier alpha value is -0.820. The van der Waals surface area contributed by atoms with Crippen molar-refractivity contribution in [2.24, 2.45) is 0 Å². The maximum absolute atomic E-state index is 10.7. The Labute approximate surface area is 188 Å². The van der Waals surface area contributed by atoms with Gasteiger partial charge in [-0.2, -0.15) is 0 Å². The maximum Gasteiger partial charge on any atom is 0.187 e. The summed E-state index contributed by atoms with van der Waals surface area (Å²) in [7, 11) is 0. The zero-order valence-corrected chi connectivity index (χ0v) is 17.8. The van der Waals surface area contributed by atoms with Crippen molar-refractivity contribution in [3.63, 3.8) is 0 Å². The van der Waals surface area contributed by atoms with E-state index in [0.29, 0.717) is 0 Å². The molecule has 14 atom stereocenters. The van der Waals surface area contributed by atoms with Crippen molar-refractivity contribution in [2.45, 2.75) is 92.6 Å². The topological polar surface area (TPSA) is 242 Å². The number of aliphatic hydroxyl groups is 10. The van der Waals surface area contributed by atoms with Crippen molar-refractivity contribution in [2.75, 3.05) is 13.2 Å². The molecule has 0 amide bonds. The van der Waals surface area contributed by atoms with Gasteiger partial charge in [-0.3, -0.25) is 0 Å². The maximum atomic E-state index is 10.7. The van der Waals surface area contributed by atoms with Crippen LogP contribution < -0.4 is 5.32 Å². The molecule has 0 spiro atoms. The van der Waals surface area contributed by atoms with Gasteiger partial charge < -0.3 is 70.6 Å². The van der Waals surface area contributed by atoms with Gasteiger partial charge in [-0.05, 0) is 12.5 Å². The van der Waals surface area contributed by atoms with Crippen LogP contribution in [0.3, 0.4) is 0 Å². The van der Waals surface area contributed by atoms with Crippen LogP contribution in [0.1, 0.15) is 6.92 Å². The van der Waals surface area contributed by atoms with E-state index in [9.17, 15) is 51.1 Å². The van der Waals surface area contributed by atoms with Gasteiger partial charge in [-0.1, -0.05) is 6.08 Å². The summed E-state index contributed by atoms with van der Waals surface area (Å²) in [4.78, 5) is 0. The zero-order valence-electron chi connectivity index (χ0n) is 17.8. The number of rotatable bonds is 6. The molecule has 11 N–H and O–H groups in total. The molecule has 33 heavy (non-hydrogen) atoms. The second kappa shape index (κ2) is 10.8. The van der Waals surface area contributed by atoms with Gasteiger partial charge in [-0.15, -0.1) is 0 Å². The number of ether oxygens (including phenoxy) is 3. The van der Waals surface area contributed by atoms with Crippen molar-refractivity contribution >= 4 is 0 Å². The average molecular weight is 483 g/mol. The minimum absolute atomic E-state index is 0.0630. The summed E-state index contributed by atoms with van der Waals surface area (Å²) in [6.07, 6.45) is -16.8. The smallest absolute Gasteiger partial charge is 0.187 e. The summed E-state index contributed by atoms with van der Waals surface area (Å²) in [5, 5.41) is 103. The summed E-state index contributed by atoms with van der Waals surface area (Å²) in [5.41, 5.74) is 0.0630. The van der Waals surface area contributed by atoms with Crippen molar-refractivity contribution < 1.29 is 65.3 Å². The van der Waals surface area contributed by atoms with Gasteiger partial charge in [0.25, 0.3) is 0 Å². The van der Waals surface area contributed by atoms with Crippen LogP contribution in [0, 0.1) is 0 Å². The van der Waals surface area contributed by atoms with Gasteiger partial charge in [0.1, 0.15) is 54.9 Å². The molecular weight excluding hydrogens is 450 g/mol. The number of hydrogen-bond donors (Lipinski definition) is 11. The molecule has 4 unspecified atom stereocenters. The fourth-order valence-corrected chi connectivity index (χ4v) is 4.33. The van der Waals surface area contributed by atoms with Crippen LogP contribution in [0.25, 0.3) is 0 Å². The molecule has 0 bridgehead atoms. The first-order chi connectivity index (χ1) is 15.5. The fourth-order valence-electron chi connectivity index (χ4n) is 4.33. The first-order valence-corrected chi connectivity index (χ1v) is 10.6. The lowest BCUT2D eigenvalue weighted by atomic mass is 9.86. The highest BCUT2D eigenvalue weighted by atomic mass is 16.7. The summed E-state index contributed by atoms with van der Waals surface area (Å²) in [5.74, 6) is 0. The van der Waals surface area contributed by atoms with E-state index in [0.717, 1.165) is 0 Å². The Morgan fingerprint density at radius 3 is 2.12 bits per heavy atom. The normalized spacial score (nSPS) is 51.3. The molecule has 0 radical (unpaired) electrons. The molecule has 192 valence electrons. The summed E-state index contributed by atoms with van der Waals surface area (Å²) in [6, 6.07) is -2.02. The number of aliphatic hydroxyl groups excluding tert-OH is 10. The lowest BCUT2D eigenvalue weighted by Gasteiger charge is -2.47. The fraction of sp³-hybridized carbons (Fsp3) is 0.895. The van der Waals surface area contributed by atoms with Crippen LogP contribution >= 0.6 is 0 Å². The van der Waals surface area contributed by atoms with Crippen LogP contribution in [0.2, 0.25) is 0 Å². The van der Waals surface area contributed by atoms with Crippen LogP contribution in [0.4, 0.5) is 0 Å². The second-order valence-electron chi connectivity index (χ2n) is 8.56. The van der Waals surface area contributed by atoms with Gasteiger partial charge in [0.15, 0.2) is 12.6 Å². The molecule has 2 heterocycles. The monoisotopic (exact) mass is 483 g/mol. The predicted octanol–water partition coefficient (Wildman–Crippen LogP) is -6.39. The van der Waals surface area contributed by atoms with Crippen LogP contribution in [0.5, 0.6) is 0 Å². The first-order valence-electron chi connectivity index (χ1n) is 10.6. The molecule has 0 aromatic heterocycles. The van der Waals surface area contributed by atoms with E-state index in [-0.39, 0.29) is 5.57 Å². The Morgan fingerprint density at radius 2 is 1.52 bits per heavy atom. The number of nitrogens with one attached hydrogen (secondary N) is 1. The molecule has 1 aliphatic carbocycles. The lowest BCUT2D eigenvalue weighted by Crippen LogP contribution is -2.68. The molecule has 2 fully saturated rings. The van der Waals surface area contributed by atoms with E-state index in [2.05, 4.69) is 5.32 Å². The van der Waals surface area contributed by atoms with E-state index in [1.165, 1.54) is 13.0 Å². The minimum atomic E-state index is -1.76. The van der Waals surface area contributed by atoms with Crippen LogP contribution in [0.15, 0.2) is 11.6 Å². The highest BCUT2D eigenvalue weighted by molar-refractivity contribution is 5.22. The zero-order chi connectivity index (χ0) is 24.6. The van der Waals surface area contributed by atoms with E-state index in [1.807, 2.05) is 0 Å². The van der Waals surface area contributed by atoms with Crippen LogP contribution in [-0.4, -0.2) is 150 Å². The summed E-state index contributed by atoms with van der Waals surface area (Å²) >= 11 is 0. The third kappa shape index (κ3) is 5.24. The van der Waals surface area contributed by atoms with Crippen molar-refractivity contribution in [3.05, 3.63) is 11.6 Å². The van der Waals surface area contributed by atoms with Gasteiger partial charge in [0.05, 0.1) is 31.4 Å². The van der Waals surface area contributed by atoms with Gasteiger partial charge >= 0.3 is 0 Å². The van der Waals surface area contributed by atoms with E-state index < -0.39 is 98.9 Å². The molecule has 0 saturated carbocycles. The van der Waals surface area contributed by atoms with Crippen molar-refractivity contribution in [1.29, 1.82) is 0 Å². The van der Waals surface area contributed by atoms with Crippen LogP contribution in [-0.2, 0) is 14.2 Å². The largest absolute Gasteiger partial charge is 0.394 e. The summed E-state index contributed by atoms with van der Waals surface area (Å²) < 4.78 is 16.1. The molecule has 3 rings (SSSR count). The highest BCUT2D eigenvalue weighted by Gasteiger charge is 2.50. The van der Waals surface area contributed by atoms with Gasteiger partial charge in [0, 0.05) is 0 Å². The lowest BCUT2D eigenvalue weighted by molar-refractivity contribution is -0.345. The Balaban J connectivity index is 1.71. The van der Waals surface area contributed by atoms with E-state index >= 15 is 0 Å². The predicted molar refractivity (Wildman–Crippen MR) is 105 cm³/mol. The molecule has 14 nitrogen and oxygen atoms in total. The van der Waals surface area contributed by atoms with Gasteiger partial charge in [0.2, 0.25) is 0 Å². The Morgan fingerprint density at radius 1 is 0.848 bits per heavy atom. The SMILES string of the molecule is CC1O[C@H](O[C@@H]2C(CO)O[C@@H](O)C(O)[C@H]2O)C(O)[C@@H](O)[C@@H]1N[C@H]1C=C(CO)[C@@H](O)[C@H](O)[C@H]1O. The standard InChI is InChI=1S/C19H33NO13/c1-5-9(20-7-2-6(3-21)10(23)13(26)11(7)24)12(25)16(29)19(31-5)33-17-8(4-22)32-18(30)15(28)14(17)27/h2,5,7-30H,3-4H2,1H3/t5?,7-,8?,9+,10+,11-,12-,13-,14+,15?,16?,17+,18+,19+/m0/s1. The molecule has 0 aromatic carbocycles. The molecular formula is C19H33NO13. The average Bonchev–Trinajstić information content (AvgIpc) is 2.79. The first kappa shape index (κ1) is 26.8. The van der Waals surface area contributed by atoms with E-state index in [1.54, 1.807) is 0 Å². The van der Waals surface area contributed by atoms with Crippen molar-refractivity contribution in [1.82, 2.24) is 5.32 Å². The van der Waals surface area contributed by atoms with E-state index in [4.69, 9.17) is 14.2 Å². The minimum Gasteiger partial charge on any atom is -0.394 e. The number of hydrogen-bond acceptors (Lipinski definition) is 14.